The van der Waals surface area contributed by atoms with E-state index >= 15 is 0 Å². The Bertz CT molecular complexity index is 561. The van der Waals surface area contributed by atoms with Gasteiger partial charge in [0.05, 0.1) is 18.8 Å². The molecule has 1 fully saturated rings. The van der Waals surface area contributed by atoms with Crippen molar-refractivity contribution in [3.05, 3.63) is 34.7 Å². The second-order valence-electron chi connectivity index (χ2n) is 5.11. The highest BCUT2D eigenvalue weighted by molar-refractivity contribution is 7.09. The van der Waals surface area contributed by atoms with E-state index in [1.807, 2.05) is 19.1 Å². The lowest BCUT2D eigenvalue weighted by molar-refractivity contribution is 0.233. The van der Waals surface area contributed by atoms with Crippen molar-refractivity contribution in [2.75, 3.05) is 32.8 Å². The third kappa shape index (κ3) is 3.81. The summed E-state index contributed by atoms with van der Waals surface area (Å²) in [5, 5.41) is 6.72. The number of ether oxygens (including phenoxy) is 1. The number of nitrogens with one attached hydrogen (secondary N) is 1. The lowest BCUT2D eigenvalue weighted by Crippen LogP contribution is -2.42. The van der Waals surface area contributed by atoms with Gasteiger partial charge in [-0.25, -0.2) is 4.98 Å². The van der Waals surface area contributed by atoms with E-state index in [9.17, 15) is 0 Å². The van der Waals surface area contributed by atoms with E-state index in [1.165, 1.54) is 5.01 Å². The molecule has 0 bridgehead atoms. The standard InChI is InChI=1S/C16H21N3OS/c1-2-20-14-5-3-13(4-6-14)15-12-21-16(18-15)11-19-9-7-17-8-10-19/h3-6,12,17H,2,7-11H2,1H3. The number of piperazine rings is 1. The topological polar surface area (TPSA) is 37.4 Å². The summed E-state index contributed by atoms with van der Waals surface area (Å²) < 4.78 is 5.47. The number of hydrogen-bond donors (Lipinski definition) is 1. The van der Waals surface area contributed by atoms with Crippen molar-refractivity contribution in [3.63, 3.8) is 0 Å². The molecule has 0 radical (unpaired) electrons. The molecule has 5 heteroatoms. The van der Waals surface area contributed by atoms with Gasteiger partial charge in [0.25, 0.3) is 0 Å². The average molecular weight is 303 g/mol. The Labute approximate surface area is 129 Å². The zero-order chi connectivity index (χ0) is 14.5. The lowest BCUT2D eigenvalue weighted by atomic mass is 10.2. The fourth-order valence-electron chi connectivity index (χ4n) is 2.47. The van der Waals surface area contributed by atoms with Gasteiger partial charge in [0, 0.05) is 37.1 Å². The minimum atomic E-state index is 0.699. The molecule has 1 aliphatic rings. The summed E-state index contributed by atoms with van der Waals surface area (Å²) in [6.07, 6.45) is 0. The first-order chi connectivity index (χ1) is 10.3. The molecule has 1 aromatic carbocycles. The number of hydrogen-bond acceptors (Lipinski definition) is 5. The third-order valence-corrected chi connectivity index (χ3v) is 4.41. The van der Waals surface area contributed by atoms with Crippen LogP contribution in [-0.2, 0) is 6.54 Å². The van der Waals surface area contributed by atoms with Crippen LogP contribution in [0.4, 0.5) is 0 Å². The molecule has 0 atom stereocenters. The molecule has 4 nitrogen and oxygen atoms in total. The first-order valence-electron chi connectivity index (χ1n) is 7.46. The minimum Gasteiger partial charge on any atom is -0.494 e. The second-order valence-corrected chi connectivity index (χ2v) is 6.05. The Kier molecular flexibility index (Phi) is 4.85. The zero-order valence-corrected chi connectivity index (χ0v) is 13.2. The van der Waals surface area contributed by atoms with Crippen LogP contribution in [0, 0.1) is 0 Å². The van der Waals surface area contributed by atoms with Gasteiger partial charge in [-0.05, 0) is 31.2 Å². The van der Waals surface area contributed by atoms with Gasteiger partial charge in [0.1, 0.15) is 10.8 Å². The molecule has 0 aliphatic carbocycles. The molecule has 1 aliphatic heterocycles. The van der Waals surface area contributed by atoms with Crippen molar-refractivity contribution in [1.82, 2.24) is 15.2 Å². The highest BCUT2D eigenvalue weighted by atomic mass is 32.1. The van der Waals surface area contributed by atoms with E-state index < -0.39 is 0 Å². The minimum absolute atomic E-state index is 0.699. The summed E-state index contributed by atoms with van der Waals surface area (Å²) >= 11 is 1.75. The predicted octanol–water partition coefficient (Wildman–Crippen LogP) is 2.61. The van der Waals surface area contributed by atoms with Crippen molar-refractivity contribution < 1.29 is 4.74 Å². The highest BCUT2D eigenvalue weighted by Gasteiger charge is 2.12. The molecule has 0 amide bonds. The van der Waals surface area contributed by atoms with Crippen LogP contribution < -0.4 is 10.1 Å². The van der Waals surface area contributed by atoms with Gasteiger partial charge in [-0.3, -0.25) is 4.90 Å². The van der Waals surface area contributed by atoms with Crippen LogP contribution in [0.15, 0.2) is 29.6 Å². The van der Waals surface area contributed by atoms with E-state index in [4.69, 9.17) is 9.72 Å². The molecule has 1 saturated heterocycles. The Morgan fingerprint density at radius 2 is 2.00 bits per heavy atom. The normalized spacial score (nSPS) is 16.0. The van der Waals surface area contributed by atoms with Gasteiger partial charge < -0.3 is 10.1 Å². The van der Waals surface area contributed by atoms with Gasteiger partial charge in [0.2, 0.25) is 0 Å². The summed E-state index contributed by atoms with van der Waals surface area (Å²) in [6, 6.07) is 8.17. The van der Waals surface area contributed by atoms with Crippen molar-refractivity contribution in [1.29, 1.82) is 0 Å². The van der Waals surface area contributed by atoms with Gasteiger partial charge >= 0.3 is 0 Å². The molecule has 3 rings (SSSR count). The fourth-order valence-corrected chi connectivity index (χ4v) is 3.31. The van der Waals surface area contributed by atoms with Gasteiger partial charge in [-0.15, -0.1) is 11.3 Å². The van der Waals surface area contributed by atoms with Gasteiger partial charge in [-0.1, -0.05) is 0 Å². The van der Waals surface area contributed by atoms with E-state index in [2.05, 4.69) is 27.7 Å². The Morgan fingerprint density at radius 3 is 2.71 bits per heavy atom. The summed E-state index contributed by atoms with van der Waals surface area (Å²) in [5.74, 6) is 0.914. The van der Waals surface area contributed by atoms with Crippen LogP contribution in [-0.4, -0.2) is 42.7 Å². The molecule has 0 saturated carbocycles. The molecule has 112 valence electrons. The molecule has 2 aromatic rings. The maximum absolute atomic E-state index is 5.47. The van der Waals surface area contributed by atoms with Crippen LogP contribution in [0.5, 0.6) is 5.75 Å². The Hall–Kier alpha value is -1.43. The quantitative estimate of drug-likeness (QED) is 0.921. The van der Waals surface area contributed by atoms with E-state index in [0.29, 0.717) is 6.61 Å². The van der Waals surface area contributed by atoms with Crippen molar-refractivity contribution in [3.8, 4) is 17.0 Å². The number of aromatic nitrogens is 1. The Morgan fingerprint density at radius 1 is 1.24 bits per heavy atom. The summed E-state index contributed by atoms with van der Waals surface area (Å²) in [7, 11) is 0. The number of nitrogens with zero attached hydrogens (tertiary/aromatic N) is 2. The smallest absolute Gasteiger partial charge is 0.119 e. The first-order valence-corrected chi connectivity index (χ1v) is 8.34. The monoisotopic (exact) mass is 303 g/mol. The molecule has 1 N–H and O–H groups in total. The molecule has 0 unspecified atom stereocenters. The largest absolute Gasteiger partial charge is 0.494 e. The third-order valence-electron chi connectivity index (χ3n) is 3.58. The maximum Gasteiger partial charge on any atom is 0.119 e. The van der Waals surface area contributed by atoms with Crippen LogP contribution in [0.1, 0.15) is 11.9 Å². The van der Waals surface area contributed by atoms with E-state index in [0.717, 1.165) is 49.7 Å². The highest BCUT2D eigenvalue weighted by Crippen LogP contribution is 2.24. The summed E-state index contributed by atoms with van der Waals surface area (Å²) in [6.45, 7) is 8.04. The average Bonchev–Trinajstić information content (AvgIpc) is 2.98. The second kappa shape index (κ2) is 7.02. The number of rotatable bonds is 5. The molecular formula is C16H21N3OS. The Balaban J connectivity index is 1.66. The first kappa shape index (κ1) is 14.5. The molecular weight excluding hydrogens is 282 g/mol. The molecule has 21 heavy (non-hydrogen) atoms. The molecule has 1 aromatic heterocycles. The maximum atomic E-state index is 5.47. The number of benzene rings is 1. The molecule has 0 spiro atoms. The fraction of sp³-hybridized carbons (Fsp3) is 0.438. The van der Waals surface area contributed by atoms with E-state index in [1.54, 1.807) is 11.3 Å². The molecule has 2 heterocycles. The van der Waals surface area contributed by atoms with Crippen molar-refractivity contribution in [2.45, 2.75) is 13.5 Å². The van der Waals surface area contributed by atoms with Gasteiger partial charge in [-0.2, -0.15) is 0 Å². The van der Waals surface area contributed by atoms with Crippen LogP contribution in [0.25, 0.3) is 11.3 Å². The SMILES string of the molecule is CCOc1ccc(-c2csc(CN3CCNCC3)n2)cc1. The lowest BCUT2D eigenvalue weighted by Gasteiger charge is -2.26. The van der Waals surface area contributed by atoms with Crippen molar-refractivity contribution in [2.24, 2.45) is 0 Å². The van der Waals surface area contributed by atoms with Crippen LogP contribution in [0.2, 0.25) is 0 Å². The van der Waals surface area contributed by atoms with Crippen molar-refractivity contribution >= 4 is 11.3 Å². The predicted molar refractivity (Wildman–Crippen MR) is 86.9 cm³/mol. The zero-order valence-electron chi connectivity index (χ0n) is 12.3. The van der Waals surface area contributed by atoms with Crippen LogP contribution >= 0.6 is 11.3 Å². The van der Waals surface area contributed by atoms with Gasteiger partial charge in [0.15, 0.2) is 0 Å². The number of thiazole rings is 1. The summed E-state index contributed by atoms with van der Waals surface area (Å²) in [4.78, 5) is 7.22. The van der Waals surface area contributed by atoms with E-state index in [-0.39, 0.29) is 0 Å². The summed E-state index contributed by atoms with van der Waals surface area (Å²) in [5.41, 5.74) is 2.22. The van der Waals surface area contributed by atoms with Crippen LogP contribution in [0.3, 0.4) is 0 Å².